The molecule has 0 aliphatic heterocycles. The molecule has 2 rings (SSSR count). The largest absolute Gasteiger partial charge is 0.354 e. The number of aryl methyl sites for hydroxylation is 2. The molecule has 42 heavy (non-hydrogen) atoms. The van der Waals surface area contributed by atoms with E-state index in [4.69, 9.17) is 9.98 Å². The molecule has 4 heteroatoms. The molecule has 0 N–H and O–H groups in total. The quantitative estimate of drug-likeness (QED) is 0.0945. The van der Waals surface area contributed by atoms with Crippen LogP contribution in [0.15, 0.2) is 59.0 Å². The highest BCUT2D eigenvalue weighted by Gasteiger charge is 1.96. The smallest absolute Gasteiger partial charge is 0.0603 e. The summed E-state index contributed by atoms with van der Waals surface area (Å²) in [5.41, 5.74) is 0. The maximum Gasteiger partial charge on any atom is 0.0603 e. The van der Waals surface area contributed by atoms with E-state index in [1.807, 2.05) is 0 Å². The van der Waals surface area contributed by atoms with Gasteiger partial charge in [-0.3, -0.25) is 9.98 Å². The number of aromatic nitrogens is 2. The molecule has 4 nitrogen and oxygen atoms in total. The van der Waals surface area contributed by atoms with E-state index in [1.165, 1.54) is 141 Å². The van der Waals surface area contributed by atoms with Gasteiger partial charge in [0.05, 0.1) is 10.7 Å². The molecule has 0 aliphatic rings. The van der Waals surface area contributed by atoms with E-state index in [9.17, 15) is 0 Å². The van der Waals surface area contributed by atoms with Gasteiger partial charge in [-0.2, -0.15) is 0 Å². The topological polar surface area (TPSA) is 34.6 Å². The molecule has 0 spiro atoms. The first-order chi connectivity index (χ1) is 20.8. The van der Waals surface area contributed by atoms with Crippen LogP contribution in [0.4, 0.5) is 0 Å². The molecule has 0 amide bonds. The minimum Gasteiger partial charge on any atom is -0.354 e. The first-order valence-corrected chi connectivity index (χ1v) is 18.1. The number of rotatable bonds is 27. The van der Waals surface area contributed by atoms with Gasteiger partial charge >= 0.3 is 0 Å². The Labute approximate surface area is 259 Å². The summed E-state index contributed by atoms with van der Waals surface area (Å²) in [6.45, 7) is 8.74. The molecule has 238 valence electrons. The minimum absolute atomic E-state index is 0.970. The monoisotopic (exact) mass is 579 g/mol. The lowest BCUT2D eigenvalue weighted by molar-refractivity contribution is 0.529. The summed E-state index contributed by atoms with van der Waals surface area (Å²) < 4.78 is 4.63. The lowest BCUT2D eigenvalue weighted by Crippen LogP contribution is -2.07. The zero-order valence-electron chi connectivity index (χ0n) is 27.8. The van der Waals surface area contributed by atoms with Gasteiger partial charge in [0.1, 0.15) is 0 Å². The van der Waals surface area contributed by atoms with Gasteiger partial charge in [-0.25, -0.2) is 0 Å². The molecule has 0 unspecified atom stereocenters. The van der Waals surface area contributed by atoms with Gasteiger partial charge in [-0.1, -0.05) is 129 Å². The maximum absolute atomic E-state index is 4.77. The van der Waals surface area contributed by atoms with E-state index < -0.39 is 0 Å². The fourth-order valence-corrected chi connectivity index (χ4v) is 5.61. The van der Waals surface area contributed by atoms with Crippen molar-refractivity contribution in [3.8, 4) is 0 Å². The third kappa shape index (κ3) is 19.9. The van der Waals surface area contributed by atoms with Crippen molar-refractivity contribution in [1.82, 2.24) is 9.13 Å². The molecule has 2 aromatic heterocycles. The fraction of sp³-hybridized carbons (Fsp3) is 0.737. The van der Waals surface area contributed by atoms with E-state index in [0.29, 0.717) is 0 Å². The molecule has 0 aromatic carbocycles. The second-order valence-corrected chi connectivity index (χ2v) is 12.4. The molecule has 0 aliphatic carbocycles. The molecule has 2 aromatic rings. The Kier molecular flexibility index (Phi) is 22.8. The number of nitrogens with zero attached hydrogens (tertiary/aromatic N) is 4. The van der Waals surface area contributed by atoms with Gasteiger partial charge in [0.15, 0.2) is 0 Å². The van der Waals surface area contributed by atoms with Crippen molar-refractivity contribution in [1.29, 1.82) is 0 Å². The normalized spacial score (nSPS) is 11.2. The van der Waals surface area contributed by atoms with E-state index in [1.54, 1.807) is 0 Å². The Bertz CT molecular complexity index is 880. The molecule has 0 bridgehead atoms. The predicted molar refractivity (Wildman–Crippen MR) is 183 cm³/mol. The molecule has 0 atom stereocenters. The molecule has 0 saturated heterocycles. The van der Waals surface area contributed by atoms with Crippen LogP contribution in [0.5, 0.6) is 0 Å². The third-order valence-corrected chi connectivity index (χ3v) is 8.44. The summed E-state index contributed by atoms with van der Waals surface area (Å²) >= 11 is 0. The van der Waals surface area contributed by atoms with Crippen LogP contribution in [0, 0.1) is 0 Å². The van der Waals surface area contributed by atoms with Crippen molar-refractivity contribution in [2.75, 3.05) is 13.1 Å². The summed E-state index contributed by atoms with van der Waals surface area (Å²) in [7, 11) is 0. The SMILES string of the molecule is CCCCCCCCCCN=c1ccn(CCCCCCCCn2ccc(=NCCCCCCCCCC)cc2)cc1. The summed E-state index contributed by atoms with van der Waals surface area (Å²) in [4.78, 5) is 9.54. The molecular weight excluding hydrogens is 512 g/mol. The van der Waals surface area contributed by atoms with Crippen LogP contribution >= 0.6 is 0 Å². The average molecular weight is 579 g/mol. The highest BCUT2D eigenvalue weighted by molar-refractivity contribution is 4.94. The molecular formula is C38H66N4. The molecule has 0 radical (unpaired) electrons. The van der Waals surface area contributed by atoms with Gasteiger partial charge in [0.2, 0.25) is 0 Å². The Morgan fingerprint density at radius 1 is 0.381 bits per heavy atom. The standard InChI is InChI=1S/C38H66N4/c1-3-5-7-9-11-13-17-21-29-39-37-25-33-41(34-26-37)31-23-19-15-16-20-24-32-42-35-27-38(28-36-42)40-30-22-18-14-12-10-8-6-4-2/h25-28,33-36H,3-24,29-32H2,1-2H3. The summed E-state index contributed by atoms with van der Waals surface area (Å²) in [5, 5.41) is 2.27. The van der Waals surface area contributed by atoms with E-state index in [2.05, 4.69) is 72.0 Å². The second-order valence-electron chi connectivity index (χ2n) is 12.4. The van der Waals surface area contributed by atoms with Gasteiger partial charge in [0.25, 0.3) is 0 Å². The van der Waals surface area contributed by atoms with Crippen LogP contribution in [0.2, 0.25) is 0 Å². The van der Waals surface area contributed by atoms with E-state index in [-0.39, 0.29) is 0 Å². The van der Waals surface area contributed by atoms with Crippen molar-refractivity contribution in [3.63, 3.8) is 0 Å². The van der Waals surface area contributed by atoms with Crippen LogP contribution in [0.3, 0.4) is 0 Å². The Morgan fingerprint density at radius 2 is 0.667 bits per heavy atom. The fourth-order valence-electron chi connectivity index (χ4n) is 5.61. The Balaban J connectivity index is 1.43. The first kappa shape index (κ1) is 36.1. The van der Waals surface area contributed by atoms with Crippen molar-refractivity contribution in [3.05, 3.63) is 59.8 Å². The highest BCUT2D eigenvalue weighted by atomic mass is 14.9. The average Bonchev–Trinajstić information content (AvgIpc) is 3.02. The number of hydrogen-bond donors (Lipinski definition) is 0. The maximum atomic E-state index is 4.77. The van der Waals surface area contributed by atoms with Gasteiger partial charge in [0, 0.05) is 51.0 Å². The van der Waals surface area contributed by atoms with Crippen molar-refractivity contribution >= 4 is 0 Å². The minimum atomic E-state index is 0.970. The Hall–Kier alpha value is -2.10. The second kappa shape index (κ2) is 26.5. The van der Waals surface area contributed by atoms with Crippen LogP contribution in [-0.2, 0) is 13.1 Å². The van der Waals surface area contributed by atoms with E-state index >= 15 is 0 Å². The van der Waals surface area contributed by atoms with Gasteiger partial charge in [-0.05, 0) is 49.9 Å². The first-order valence-electron chi connectivity index (χ1n) is 18.1. The van der Waals surface area contributed by atoms with Crippen molar-refractivity contribution in [2.45, 2.75) is 168 Å². The summed E-state index contributed by atoms with van der Waals surface area (Å²) in [6, 6.07) is 8.72. The summed E-state index contributed by atoms with van der Waals surface area (Å²) in [5.74, 6) is 0. The number of hydrogen-bond acceptors (Lipinski definition) is 2. The van der Waals surface area contributed by atoms with Gasteiger partial charge in [-0.15, -0.1) is 0 Å². The number of unbranched alkanes of at least 4 members (excludes halogenated alkanes) is 19. The number of pyridine rings is 2. The van der Waals surface area contributed by atoms with Crippen molar-refractivity contribution < 1.29 is 0 Å². The van der Waals surface area contributed by atoms with Crippen LogP contribution in [0.25, 0.3) is 0 Å². The zero-order valence-corrected chi connectivity index (χ0v) is 27.8. The van der Waals surface area contributed by atoms with Crippen LogP contribution < -0.4 is 10.7 Å². The molecule has 0 saturated carbocycles. The van der Waals surface area contributed by atoms with Crippen LogP contribution in [0.1, 0.15) is 155 Å². The van der Waals surface area contributed by atoms with Crippen molar-refractivity contribution in [2.24, 2.45) is 9.98 Å². The highest BCUT2D eigenvalue weighted by Crippen LogP contribution is 2.10. The van der Waals surface area contributed by atoms with E-state index in [0.717, 1.165) is 36.9 Å². The molecule has 0 fully saturated rings. The lowest BCUT2D eigenvalue weighted by Gasteiger charge is -2.07. The molecule has 2 heterocycles. The Morgan fingerprint density at radius 3 is 1.00 bits per heavy atom. The third-order valence-electron chi connectivity index (χ3n) is 8.44. The zero-order chi connectivity index (χ0) is 29.8. The summed E-state index contributed by atoms with van der Waals surface area (Å²) in [6.07, 6.45) is 38.4. The van der Waals surface area contributed by atoms with Crippen LogP contribution in [-0.4, -0.2) is 22.2 Å². The predicted octanol–water partition coefficient (Wildman–Crippen LogP) is 10.4. The van der Waals surface area contributed by atoms with Gasteiger partial charge < -0.3 is 9.13 Å². The lowest BCUT2D eigenvalue weighted by atomic mass is 10.1.